The lowest BCUT2D eigenvalue weighted by Crippen LogP contribution is -2.36. The zero-order chi connectivity index (χ0) is 23.7. The van der Waals surface area contributed by atoms with Crippen molar-refractivity contribution in [1.82, 2.24) is 15.0 Å². The first-order valence-electron chi connectivity index (χ1n) is 11.0. The maximum Gasteiger partial charge on any atom is 0.339 e. The third-order valence-corrected chi connectivity index (χ3v) is 6.29. The van der Waals surface area contributed by atoms with Gasteiger partial charge in [-0.15, -0.1) is 0 Å². The maximum absolute atomic E-state index is 13.5. The molecule has 7 nitrogen and oxygen atoms in total. The molecule has 34 heavy (non-hydrogen) atoms. The van der Waals surface area contributed by atoms with E-state index in [4.69, 9.17) is 16.3 Å². The Labute approximate surface area is 200 Å². The van der Waals surface area contributed by atoms with Crippen molar-refractivity contribution in [2.75, 3.05) is 24.6 Å². The fraction of sp³-hybridized carbons (Fsp3) is 0.240. The molecule has 4 aromatic rings. The molecule has 1 aliphatic heterocycles. The molecule has 0 aliphatic carbocycles. The van der Waals surface area contributed by atoms with Gasteiger partial charge < -0.3 is 19.7 Å². The van der Waals surface area contributed by atoms with Crippen LogP contribution in [-0.2, 0) is 0 Å². The Morgan fingerprint density at radius 3 is 2.74 bits per heavy atom. The molecule has 1 saturated heterocycles. The second-order valence-electron chi connectivity index (χ2n) is 8.34. The smallest absolute Gasteiger partial charge is 0.339 e. The van der Waals surface area contributed by atoms with Gasteiger partial charge in [-0.05, 0) is 61.2 Å². The monoisotopic (exact) mass is 480 g/mol. The van der Waals surface area contributed by atoms with Crippen molar-refractivity contribution in [2.45, 2.75) is 12.8 Å². The second kappa shape index (κ2) is 9.30. The molecule has 0 atom stereocenters. The van der Waals surface area contributed by atoms with Crippen molar-refractivity contribution < 1.29 is 19.0 Å². The van der Waals surface area contributed by atoms with E-state index in [0.29, 0.717) is 11.6 Å². The first kappa shape index (κ1) is 22.2. The van der Waals surface area contributed by atoms with Gasteiger partial charge in [0.1, 0.15) is 28.8 Å². The minimum Gasteiger partial charge on any atom is -0.492 e. The molecule has 1 fully saturated rings. The molecule has 2 aromatic carbocycles. The number of hydrogen-bond donors (Lipinski definition) is 2. The van der Waals surface area contributed by atoms with Crippen LogP contribution in [0.5, 0.6) is 5.75 Å². The molecule has 9 heteroatoms. The van der Waals surface area contributed by atoms with Gasteiger partial charge in [0, 0.05) is 35.9 Å². The summed E-state index contributed by atoms with van der Waals surface area (Å²) in [5.41, 5.74) is 2.59. The molecule has 0 unspecified atom stereocenters. The first-order chi connectivity index (χ1) is 16.5. The van der Waals surface area contributed by atoms with Crippen LogP contribution >= 0.6 is 11.6 Å². The van der Waals surface area contributed by atoms with E-state index in [1.165, 1.54) is 6.07 Å². The molecule has 5 rings (SSSR count). The number of aromatic nitrogens is 3. The van der Waals surface area contributed by atoms with Crippen LogP contribution in [0, 0.1) is 11.7 Å². The number of carboxylic acids is 1. The number of piperidine rings is 1. The lowest BCUT2D eigenvalue weighted by atomic mass is 9.97. The SMILES string of the molecule is O=C(O)c1ccc(F)cc1OCC1CCN(c2ccc(-c3nc4cc(Cl)ccc4[nH]3)cn2)CC1. The number of nitrogens with one attached hydrogen (secondary N) is 1. The van der Waals surface area contributed by atoms with E-state index in [1.54, 1.807) is 6.20 Å². The van der Waals surface area contributed by atoms with E-state index in [0.717, 1.165) is 66.3 Å². The zero-order valence-electron chi connectivity index (χ0n) is 18.2. The lowest BCUT2D eigenvalue weighted by Gasteiger charge is -2.32. The normalized spacial score (nSPS) is 14.5. The molecular formula is C25H22ClFN4O3. The zero-order valence-corrected chi connectivity index (χ0v) is 18.9. The number of hydrogen-bond acceptors (Lipinski definition) is 5. The number of anilines is 1. The number of aromatic carboxylic acids is 1. The number of ether oxygens (including phenoxy) is 1. The topological polar surface area (TPSA) is 91.3 Å². The van der Waals surface area contributed by atoms with Crippen LogP contribution in [0.2, 0.25) is 5.02 Å². The maximum atomic E-state index is 13.5. The van der Waals surface area contributed by atoms with Gasteiger partial charge in [-0.3, -0.25) is 0 Å². The number of pyridine rings is 1. The Morgan fingerprint density at radius 1 is 1.18 bits per heavy atom. The molecule has 3 heterocycles. The molecule has 0 saturated carbocycles. The number of rotatable bonds is 6. The summed E-state index contributed by atoms with van der Waals surface area (Å²) < 4.78 is 19.2. The molecule has 1 aliphatic rings. The van der Waals surface area contributed by atoms with Crippen LogP contribution in [-0.4, -0.2) is 45.7 Å². The van der Waals surface area contributed by atoms with Gasteiger partial charge in [0.15, 0.2) is 0 Å². The summed E-state index contributed by atoms with van der Waals surface area (Å²) in [7, 11) is 0. The van der Waals surface area contributed by atoms with Gasteiger partial charge in [0.2, 0.25) is 0 Å². The van der Waals surface area contributed by atoms with Gasteiger partial charge in [-0.25, -0.2) is 19.2 Å². The van der Waals surface area contributed by atoms with Gasteiger partial charge in [-0.2, -0.15) is 0 Å². The molecule has 0 amide bonds. The van der Waals surface area contributed by atoms with E-state index in [9.17, 15) is 14.3 Å². The van der Waals surface area contributed by atoms with Crippen LogP contribution in [0.25, 0.3) is 22.4 Å². The third kappa shape index (κ3) is 4.68. The van der Waals surface area contributed by atoms with Crippen LogP contribution in [0.1, 0.15) is 23.2 Å². The van der Waals surface area contributed by atoms with Gasteiger partial charge in [0.25, 0.3) is 0 Å². The highest BCUT2D eigenvalue weighted by molar-refractivity contribution is 6.31. The summed E-state index contributed by atoms with van der Waals surface area (Å²) in [6.07, 6.45) is 3.54. The average Bonchev–Trinajstić information content (AvgIpc) is 3.26. The number of nitrogens with zero attached hydrogens (tertiary/aromatic N) is 3. The van der Waals surface area contributed by atoms with Crippen LogP contribution in [0.3, 0.4) is 0 Å². The van der Waals surface area contributed by atoms with E-state index in [2.05, 4.69) is 19.9 Å². The Morgan fingerprint density at radius 2 is 2.00 bits per heavy atom. The van der Waals surface area contributed by atoms with Gasteiger partial charge in [-0.1, -0.05) is 11.6 Å². The van der Waals surface area contributed by atoms with Crippen LogP contribution < -0.4 is 9.64 Å². The minimum atomic E-state index is -1.13. The lowest BCUT2D eigenvalue weighted by molar-refractivity contribution is 0.0690. The summed E-state index contributed by atoms with van der Waals surface area (Å²) in [4.78, 5) is 26.1. The molecular weight excluding hydrogens is 459 g/mol. The largest absolute Gasteiger partial charge is 0.492 e. The Bertz CT molecular complexity index is 1330. The minimum absolute atomic E-state index is 0.0318. The van der Waals surface area contributed by atoms with Crippen molar-refractivity contribution in [3.8, 4) is 17.1 Å². The van der Waals surface area contributed by atoms with Crippen molar-refractivity contribution in [2.24, 2.45) is 5.92 Å². The molecule has 0 spiro atoms. The highest BCUT2D eigenvalue weighted by Gasteiger charge is 2.22. The first-order valence-corrected chi connectivity index (χ1v) is 11.4. The van der Waals surface area contributed by atoms with E-state index < -0.39 is 11.8 Å². The Kier molecular flexibility index (Phi) is 6.06. The highest BCUT2D eigenvalue weighted by Crippen LogP contribution is 2.27. The van der Waals surface area contributed by atoms with Crippen molar-refractivity contribution in [1.29, 1.82) is 0 Å². The molecule has 2 aromatic heterocycles. The standard InChI is InChI=1S/C25H22ClFN4O3/c26-17-2-5-20-21(11-17)30-24(29-20)16-1-6-23(28-13-16)31-9-7-15(8-10-31)14-34-22-12-18(27)3-4-19(22)25(32)33/h1-6,11-13,15H,7-10,14H2,(H,29,30)(H,32,33). The third-order valence-electron chi connectivity index (χ3n) is 6.05. The number of halogens is 2. The molecule has 174 valence electrons. The number of H-pyrrole nitrogens is 1. The van der Waals surface area contributed by atoms with Crippen molar-refractivity contribution in [3.05, 3.63) is 71.1 Å². The summed E-state index contributed by atoms with van der Waals surface area (Å²) >= 11 is 6.05. The van der Waals surface area contributed by atoms with Gasteiger partial charge in [0.05, 0.1) is 17.6 Å². The van der Waals surface area contributed by atoms with E-state index >= 15 is 0 Å². The second-order valence-corrected chi connectivity index (χ2v) is 8.78. The summed E-state index contributed by atoms with van der Waals surface area (Å²) in [5.74, 6) is 0.301. The summed E-state index contributed by atoms with van der Waals surface area (Å²) in [5, 5.41) is 9.91. The number of benzene rings is 2. The number of carboxylic acid groups (broad SMARTS) is 1. The van der Waals surface area contributed by atoms with Crippen LogP contribution in [0.4, 0.5) is 10.2 Å². The highest BCUT2D eigenvalue weighted by atomic mass is 35.5. The number of fused-ring (bicyclic) bond motifs is 1. The molecule has 0 radical (unpaired) electrons. The number of imidazole rings is 1. The molecule has 2 N–H and O–H groups in total. The quantitative estimate of drug-likeness (QED) is 0.383. The average molecular weight is 481 g/mol. The number of carbonyl (C=O) groups is 1. The van der Waals surface area contributed by atoms with Crippen LogP contribution in [0.15, 0.2) is 54.7 Å². The van der Waals surface area contributed by atoms with E-state index in [-0.39, 0.29) is 17.2 Å². The van der Waals surface area contributed by atoms with Crippen molar-refractivity contribution >= 4 is 34.4 Å². The summed E-state index contributed by atoms with van der Waals surface area (Å²) in [6.45, 7) is 1.96. The fourth-order valence-corrected chi connectivity index (χ4v) is 4.32. The predicted molar refractivity (Wildman–Crippen MR) is 128 cm³/mol. The fourth-order valence-electron chi connectivity index (χ4n) is 4.16. The van der Waals surface area contributed by atoms with E-state index in [1.807, 2.05) is 30.3 Å². The number of aromatic amines is 1. The Balaban J connectivity index is 1.19. The summed E-state index contributed by atoms with van der Waals surface area (Å²) in [6, 6.07) is 13.0. The van der Waals surface area contributed by atoms with Gasteiger partial charge >= 0.3 is 5.97 Å². The van der Waals surface area contributed by atoms with Crippen molar-refractivity contribution in [3.63, 3.8) is 0 Å². The Hall–Kier alpha value is -3.65. The molecule has 0 bridgehead atoms. The predicted octanol–water partition coefficient (Wildman–Crippen LogP) is 5.41.